The van der Waals surface area contributed by atoms with Gasteiger partial charge >= 0.3 is 5.97 Å². The van der Waals surface area contributed by atoms with Crippen LogP contribution in [0.2, 0.25) is 0 Å². The number of benzene rings is 2. The van der Waals surface area contributed by atoms with Crippen molar-refractivity contribution < 1.29 is 38.0 Å². The molecule has 2 aromatic carbocycles. The highest BCUT2D eigenvalue weighted by Gasteiger charge is 2.30. The highest BCUT2D eigenvalue weighted by atomic mass is 19.1. The molecular formula is C29H30F2N6O6. The van der Waals surface area contributed by atoms with Gasteiger partial charge in [-0.1, -0.05) is 12.1 Å². The first-order valence-corrected chi connectivity index (χ1v) is 13.5. The summed E-state index contributed by atoms with van der Waals surface area (Å²) in [4.78, 5) is 23.2. The molecule has 1 fully saturated rings. The minimum absolute atomic E-state index is 0.0378. The monoisotopic (exact) mass is 596 g/mol. The minimum Gasteiger partial charge on any atom is -0.507 e. The summed E-state index contributed by atoms with van der Waals surface area (Å²) in [7, 11) is 1.90. The molecule has 1 saturated heterocycles. The van der Waals surface area contributed by atoms with Crippen molar-refractivity contribution in [2.24, 2.45) is 10.7 Å². The third kappa shape index (κ3) is 6.75. The Labute approximate surface area is 245 Å². The molecule has 0 atom stereocenters. The fraction of sp³-hybridized carbons (Fsp3) is 0.310. The van der Waals surface area contributed by atoms with Crippen LogP contribution in [0.3, 0.4) is 0 Å². The normalized spacial score (nSPS) is 15.7. The Balaban J connectivity index is 1.47. The van der Waals surface area contributed by atoms with Crippen molar-refractivity contribution >= 4 is 17.6 Å². The number of piperidine rings is 1. The van der Waals surface area contributed by atoms with E-state index >= 15 is 8.78 Å². The fourth-order valence-corrected chi connectivity index (χ4v) is 4.82. The van der Waals surface area contributed by atoms with E-state index < -0.39 is 47.1 Å². The Hall–Kier alpha value is -4.98. The van der Waals surface area contributed by atoms with E-state index in [2.05, 4.69) is 9.98 Å². The molecule has 14 heteroatoms. The van der Waals surface area contributed by atoms with Crippen molar-refractivity contribution in [3.05, 3.63) is 65.2 Å². The molecule has 0 amide bonds. The number of hydrogen-bond acceptors (Lipinski definition) is 10. The van der Waals surface area contributed by atoms with Crippen LogP contribution in [-0.4, -0.2) is 88.5 Å². The van der Waals surface area contributed by atoms with Crippen LogP contribution in [-0.2, 0) is 4.79 Å². The number of ether oxygens (including phenoxy) is 3. The standard InChI is InChI=1S/C29H30F2N6O6/c1-36-12-9-34-27(36)16-3-2-4-18(13-16)42-28-23(30)25(41-17-7-10-37(11-8-17)15-22(39)40)24(31)29(35-28)43-19-5-6-21(38)20(14-19)26(32)33/h2-6,13-14,17,38H,7-12,15H2,1H3,(H3,32,33)(H,39,40). The minimum atomic E-state index is -1.23. The van der Waals surface area contributed by atoms with Crippen molar-refractivity contribution in [2.75, 3.05) is 39.8 Å². The number of phenols is 1. The van der Waals surface area contributed by atoms with Gasteiger partial charge in [-0.2, -0.15) is 13.8 Å². The predicted molar refractivity (Wildman–Crippen MR) is 152 cm³/mol. The summed E-state index contributed by atoms with van der Waals surface area (Å²) in [5.41, 5.74) is 6.19. The third-order valence-corrected chi connectivity index (χ3v) is 6.99. The van der Waals surface area contributed by atoms with Crippen LogP contribution in [0.15, 0.2) is 47.5 Å². The first-order valence-electron chi connectivity index (χ1n) is 13.5. The summed E-state index contributed by atoms with van der Waals surface area (Å²) >= 11 is 0. The van der Waals surface area contributed by atoms with Gasteiger partial charge in [0.25, 0.3) is 11.8 Å². The lowest BCUT2D eigenvalue weighted by molar-refractivity contribution is -0.138. The average molecular weight is 597 g/mol. The molecule has 226 valence electrons. The number of amidine groups is 2. The number of nitrogens with two attached hydrogens (primary N) is 1. The number of aromatic nitrogens is 1. The molecule has 2 aliphatic heterocycles. The van der Waals surface area contributed by atoms with Gasteiger partial charge in [0.15, 0.2) is 0 Å². The maximum atomic E-state index is 15.8. The molecule has 0 aliphatic carbocycles. The van der Waals surface area contributed by atoms with Gasteiger partial charge in [0.1, 0.15) is 35.0 Å². The topological polar surface area (TPSA) is 167 Å². The molecule has 1 aromatic heterocycles. The van der Waals surface area contributed by atoms with Crippen molar-refractivity contribution in [3.8, 4) is 34.8 Å². The summed E-state index contributed by atoms with van der Waals surface area (Å²) in [5, 5.41) is 26.7. The number of nitrogen functional groups attached to an aromatic ring is 1. The smallest absolute Gasteiger partial charge is 0.317 e. The van der Waals surface area contributed by atoms with Crippen molar-refractivity contribution in [3.63, 3.8) is 0 Å². The van der Waals surface area contributed by atoms with Crippen LogP contribution in [0, 0.1) is 17.0 Å². The second-order valence-electron chi connectivity index (χ2n) is 10.1. The number of halogens is 2. The molecule has 12 nitrogen and oxygen atoms in total. The number of likely N-dealkylation sites (tertiary alicyclic amines) is 1. The number of aromatic hydroxyl groups is 1. The molecule has 3 heterocycles. The van der Waals surface area contributed by atoms with E-state index in [1.54, 1.807) is 23.1 Å². The van der Waals surface area contributed by atoms with E-state index in [9.17, 15) is 9.90 Å². The van der Waals surface area contributed by atoms with Crippen LogP contribution in [0.1, 0.15) is 24.0 Å². The molecule has 43 heavy (non-hydrogen) atoms. The Kier molecular flexibility index (Phi) is 8.57. The van der Waals surface area contributed by atoms with Crippen molar-refractivity contribution in [2.45, 2.75) is 18.9 Å². The van der Waals surface area contributed by atoms with Gasteiger partial charge in [-0.15, -0.1) is 0 Å². The van der Waals surface area contributed by atoms with E-state index in [1.807, 2.05) is 18.0 Å². The average Bonchev–Trinajstić information content (AvgIpc) is 3.41. The van der Waals surface area contributed by atoms with Gasteiger partial charge in [-0.25, -0.2) is 0 Å². The molecule has 0 unspecified atom stereocenters. The summed E-state index contributed by atoms with van der Waals surface area (Å²) in [5.74, 6) is -5.25. The number of carbonyl (C=O) groups is 1. The molecular weight excluding hydrogens is 566 g/mol. The van der Waals surface area contributed by atoms with Crippen LogP contribution < -0.4 is 19.9 Å². The lowest BCUT2D eigenvalue weighted by atomic mass is 10.1. The van der Waals surface area contributed by atoms with Gasteiger partial charge in [-0.05, 0) is 43.2 Å². The van der Waals surface area contributed by atoms with Gasteiger partial charge in [0.05, 0.1) is 18.7 Å². The van der Waals surface area contributed by atoms with E-state index in [0.29, 0.717) is 32.5 Å². The number of pyridine rings is 1. The number of aliphatic imine (C=N–C) groups is 1. The summed E-state index contributed by atoms with van der Waals surface area (Å²) in [6.45, 7) is 1.99. The number of aliphatic carboxylic acids is 1. The van der Waals surface area contributed by atoms with Gasteiger partial charge in [0.2, 0.25) is 17.4 Å². The molecule has 5 rings (SSSR count). The first-order chi connectivity index (χ1) is 20.6. The van der Waals surface area contributed by atoms with Crippen LogP contribution in [0.4, 0.5) is 8.78 Å². The Morgan fingerprint density at radius 3 is 2.35 bits per heavy atom. The van der Waals surface area contributed by atoms with Crippen LogP contribution in [0.25, 0.3) is 0 Å². The largest absolute Gasteiger partial charge is 0.507 e. The van der Waals surface area contributed by atoms with E-state index in [-0.39, 0.29) is 29.4 Å². The highest BCUT2D eigenvalue weighted by molar-refractivity contribution is 6.00. The number of phenolic OH excluding ortho intramolecular Hbond substituents is 1. The predicted octanol–water partition coefficient (Wildman–Crippen LogP) is 3.55. The second kappa shape index (κ2) is 12.5. The molecule has 0 radical (unpaired) electrons. The Bertz CT molecular complexity index is 1580. The number of carboxylic acid groups (broad SMARTS) is 1. The zero-order valence-corrected chi connectivity index (χ0v) is 23.2. The zero-order chi connectivity index (χ0) is 30.7. The first kappa shape index (κ1) is 29.5. The molecule has 0 spiro atoms. The number of nitrogens with zero attached hydrogens (tertiary/aromatic N) is 4. The van der Waals surface area contributed by atoms with Gasteiger partial charge < -0.3 is 35.1 Å². The quantitative estimate of drug-likeness (QED) is 0.201. The molecule has 5 N–H and O–H groups in total. The summed E-state index contributed by atoms with van der Waals surface area (Å²) in [6.07, 6.45) is 0.0473. The SMILES string of the molecule is CN1CCN=C1c1cccc(Oc2nc(Oc3ccc(O)c(C(=N)N)c3)c(F)c(OC3CCN(CC(=O)O)CC3)c2F)c1. The highest BCUT2D eigenvalue weighted by Crippen LogP contribution is 2.39. The Morgan fingerprint density at radius 1 is 1.07 bits per heavy atom. The lowest BCUT2D eigenvalue weighted by Gasteiger charge is -2.31. The number of likely N-dealkylation sites (N-methyl/N-ethyl adjacent to an activating group) is 1. The lowest BCUT2D eigenvalue weighted by Crippen LogP contribution is -2.40. The fourth-order valence-electron chi connectivity index (χ4n) is 4.82. The zero-order valence-electron chi connectivity index (χ0n) is 23.2. The van der Waals surface area contributed by atoms with Crippen LogP contribution in [0.5, 0.6) is 34.8 Å². The summed E-state index contributed by atoms with van der Waals surface area (Å²) in [6, 6.07) is 10.5. The number of nitrogens with one attached hydrogen (secondary N) is 1. The second-order valence-corrected chi connectivity index (χ2v) is 10.1. The summed E-state index contributed by atoms with van der Waals surface area (Å²) < 4.78 is 48.8. The molecule has 0 saturated carbocycles. The van der Waals surface area contributed by atoms with Gasteiger partial charge in [0, 0.05) is 32.2 Å². The van der Waals surface area contributed by atoms with E-state index in [4.69, 9.17) is 30.5 Å². The number of carboxylic acids is 1. The maximum Gasteiger partial charge on any atom is 0.317 e. The van der Waals surface area contributed by atoms with E-state index in [0.717, 1.165) is 17.9 Å². The van der Waals surface area contributed by atoms with Crippen molar-refractivity contribution in [1.82, 2.24) is 14.8 Å². The molecule has 2 aliphatic rings. The Morgan fingerprint density at radius 2 is 1.74 bits per heavy atom. The molecule has 3 aromatic rings. The van der Waals surface area contributed by atoms with Crippen LogP contribution >= 0.6 is 0 Å². The van der Waals surface area contributed by atoms with Crippen molar-refractivity contribution in [1.29, 1.82) is 5.41 Å². The third-order valence-electron chi connectivity index (χ3n) is 6.99. The maximum absolute atomic E-state index is 15.8. The molecule has 0 bridgehead atoms. The van der Waals surface area contributed by atoms with E-state index in [1.165, 1.54) is 18.2 Å². The number of hydrogen-bond donors (Lipinski definition) is 4. The number of rotatable bonds is 10. The van der Waals surface area contributed by atoms with Gasteiger partial charge in [-0.3, -0.25) is 20.1 Å².